The SMILES string of the molecule is CN(CCN1CCOCC1)C(=O)c1cccc(Nc2ccncc2)c1. The molecule has 0 spiro atoms. The van der Waals surface area contributed by atoms with Crippen LogP contribution in [0, 0.1) is 0 Å². The van der Waals surface area contributed by atoms with Crippen LogP contribution in [-0.2, 0) is 4.74 Å². The highest BCUT2D eigenvalue weighted by Crippen LogP contribution is 2.17. The fourth-order valence-corrected chi connectivity index (χ4v) is 2.77. The van der Waals surface area contributed by atoms with Gasteiger partial charge in [-0.05, 0) is 30.3 Å². The van der Waals surface area contributed by atoms with Crippen molar-refractivity contribution < 1.29 is 9.53 Å². The third-order valence-corrected chi connectivity index (χ3v) is 4.28. The van der Waals surface area contributed by atoms with Gasteiger partial charge in [-0.1, -0.05) is 6.07 Å². The molecule has 1 amide bonds. The molecule has 25 heavy (non-hydrogen) atoms. The summed E-state index contributed by atoms with van der Waals surface area (Å²) < 4.78 is 5.35. The maximum absolute atomic E-state index is 12.7. The van der Waals surface area contributed by atoms with Crippen LogP contribution >= 0.6 is 0 Å². The average molecular weight is 340 g/mol. The molecule has 1 N–H and O–H groups in total. The van der Waals surface area contributed by atoms with Crippen molar-refractivity contribution >= 4 is 17.3 Å². The second-order valence-corrected chi connectivity index (χ2v) is 6.12. The normalized spacial score (nSPS) is 14.9. The van der Waals surface area contributed by atoms with E-state index < -0.39 is 0 Å². The van der Waals surface area contributed by atoms with Crippen LogP contribution in [0.15, 0.2) is 48.8 Å². The van der Waals surface area contributed by atoms with Crippen molar-refractivity contribution in [2.75, 3.05) is 51.8 Å². The van der Waals surface area contributed by atoms with E-state index in [9.17, 15) is 4.79 Å². The lowest BCUT2D eigenvalue weighted by Crippen LogP contribution is -2.41. The predicted molar refractivity (Wildman–Crippen MR) is 98.2 cm³/mol. The second kappa shape index (κ2) is 8.60. The van der Waals surface area contributed by atoms with Crippen LogP contribution in [0.5, 0.6) is 0 Å². The van der Waals surface area contributed by atoms with Crippen molar-refractivity contribution in [3.8, 4) is 0 Å². The largest absolute Gasteiger partial charge is 0.379 e. The summed E-state index contributed by atoms with van der Waals surface area (Å²) in [6, 6.07) is 11.4. The number of hydrogen-bond acceptors (Lipinski definition) is 5. The van der Waals surface area contributed by atoms with Gasteiger partial charge >= 0.3 is 0 Å². The number of nitrogens with one attached hydrogen (secondary N) is 1. The Bertz CT molecular complexity index is 687. The summed E-state index contributed by atoms with van der Waals surface area (Å²) in [5, 5.41) is 3.29. The molecule has 2 aromatic rings. The summed E-state index contributed by atoms with van der Waals surface area (Å²) >= 11 is 0. The molecule has 0 radical (unpaired) electrons. The van der Waals surface area contributed by atoms with Gasteiger partial charge < -0.3 is 15.0 Å². The number of carbonyl (C=O) groups excluding carboxylic acids is 1. The van der Waals surface area contributed by atoms with E-state index >= 15 is 0 Å². The van der Waals surface area contributed by atoms with Gasteiger partial charge in [-0.3, -0.25) is 14.7 Å². The first-order valence-corrected chi connectivity index (χ1v) is 8.55. The molecule has 1 aliphatic rings. The quantitative estimate of drug-likeness (QED) is 0.874. The molecule has 0 unspecified atom stereocenters. The minimum Gasteiger partial charge on any atom is -0.379 e. The van der Waals surface area contributed by atoms with E-state index in [4.69, 9.17) is 4.74 Å². The van der Waals surface area contributed by atoms with Gasteiger partial charge in [0.1, 0.15) is 0 Å². The highest BCUT2D eigenvalue weighted by molar-refractivity contribution is 5.95. The smallest absolute Gasteiger partial charge is 0.253 e. The molecular weight excluding hydrogens is 316 g/mol. The number of anilines is 2. The summed E-state index contributed by atoms with van der Waals surface area (Å²) in [6.07, 6.45) is 3.47. The number of pyridine rings is 1. The Kier molecular flexibility index (Phi) is 5.98. The number of nitrogens with zero attached hydrogens (tertiary/aromatic N) is 3. The third-order valence-electron chi connectivity index (χ3n) is 4.28. The third kappa shape index (κ3) is 5.01. The van der Waals surface area contributed by atoms with Gasteiger partial charge in [0, 0.05) is 62.6 Å². The number of likely N-dealkylation sites (N-methyl/N-ethyl adjacent to an activating group) is 1. The lowest BCUT2D eigenvalue weighted by atomic mass is 10.1. The molecule has 1 aliphatic heterocycles. The van der Waals surface area contributed by atoms with Crippen molar-refractivity contribution in [1.82, 2.24) is 14.8 Å². The van der Waals surface area contributed by atoms with Crippen LogP contribution in [0.4, 0.5) is 11.4 Å². The maximum atomic E-state index is 12.7. The van der Waals surface area contributed by atoms with Crippen molar-refractivity contribution in [2.45, 2.75) is 0 Å². The van der Waals surface area contributed by atoms with E-state index in [1.165, 1.54) is 0 Å². The van der Waals surface area contributed by atoms with E-state index in [2.05, 4.69) is 15.2 Å². The van der Waals surface area contributed by atoms with Gasteiger partial charge in [-0.25, -0.2) is 0 Å². The van der Waals surface area contributed by atoms with Gasteiger partial charge in [0.15, 0.2) is 0 Å². The van der Waals surface area contributed by atoms with Crippen LogP contribution in [0.2, 0.25) is 0 Å². The van der Waals surface area contributed by atoms with Crippen molar-refractivity contribution in [1.29, 1.82) is 0 Å². The van der Waals surface area contributed by atoms with Crippen LogP contribution in [0.25, 0.3) is 0 Å². The summed E-state index contributed by atoms with van der Waals surface area (Å²) in [6.45, 7) is 5.02. The topological polar surface area (TPSA) is 57.7 Å². The highest BCUT2D eigenvalue weighted by Gasteiger charge is 2.15. The highest BCUT2D eigenvalue weighted by atomic mass is 16.5. The molecular formula is C19H24N4O2. The number of morpholine rings is 1. The van der Waals surface area contributed by atoms with Gasteiger partial charge in [-0.2, -0.15) is 0 Å². The summed E-state index contributed by atoms with van der Waals surface area (Å²) in [5.74, 6) is 0.0339. The second-order valence-electron chi connectivity index (χ2n) is 6.12. The van der Waals surface area contributed by atoms with E-state index in [0.717, 1.165) is 44.2 Å². The summed E-state index contributed by atoms with van der Waals surface area (Å²) in [4.78, 5) is 20.8. The first kappa shape index (κ1) is 17.4. The van der Waals surface area contributed by atoms with Crippen molar-refractivity contribution in [3.63, 3.8) is 0 Å². The first-order valence-electron chi connectivity index (χ1n) is 8.55. The van der Waals surface area contributed by atoms with E-state index in [0.29, 0.717) is 12.1 Å². The zero-order valence-corrected chi connectivity index (χ0v) is 14.5. The average Bonchev–Trinajstić information content (AvgIpc) is 2.67. The molecule has 6 nitrogen and oxygen atoms in total. The molecule has 132 valence electrons. The Balaban J connectivity index is 1.58. The number of amides is 1. The van der Waals surface area contributed by atoms with E-state index in [1.807, 2.05) is 43.4 Å². The Morgan fingerprint density at radius 3 is 2.72 bits per heavy atom. The summed E-state index contributed by atoms with van der Waals surface area (Å²) in [5.41, 5.74) is 2.52. The molecule has 0 atom stereocenters. The molecule has 1 fully saturated rings. The fraction of sp³-hybridized carbons (Fsp3) is 0.368. The van der Waals surface area contributed by atoms with Crippen molar-refractivity contribution in [2.24, 2.45) is 0 Å². The standard InChI is InChI=1S/C19H24N4O2/c1-22(9-10-23-11-13-25-14-12-23)19(24)16-3-2-4-18(15-16)21-17-5-7-20-8-6-17/h2-8,15H,9-14H2,1H3,(H,20,21). The number of rotatable bonds is 6. The number of hydrogen-bond donors (Lipinski definition) is 1. The monoisotopic (exact) mass is 340 g/mol. The minimum absolute atomic E-state index is 0.0339. The molecule has 1 aromatic carbocycles. The summed E-state index contributed by atoms with van der Waals surface area (Å²) in [7, 11) is 1.85. The van der Waals surface area contributed by atoms with Crippen LogP contribution < -0.4 is 5.32 Å². The molecule has 1 aromatic heterocycles. The molecule has 0 saturated carbocycles. The Morgan fingerprint density at radius 2 is 1.96 bits per heavy atom. The van der Waals surface area contributed by atoms with E-state index in [-0.39, 0.29) is 5.91 Å². The van der Waals surface area contributed by atoms with Crippen LogP contribution in [-0.4, -0.2) is 67.1 Å². The number of carbonyl (C=O) groups is 1. The number of aromatic nitrogens is 1. The van der Waals surface area contributed by atoms with Crippen LogP contribution in [0.1, 0.15) is 10.4 Å². The van der Waals surface area contributed by atoms with Crippen LogP contribution in [0.3, 0.4) is 0 Å². The van der Waals surface area contributed by atoms with Gasteiger partial charge in [0.25, 0.3) is 5.91 Å². The molecule has 3 rings (SSSR count). The number of ether oxygens (including phenoxy) is 1. The lowest BCUT2D eigenvalue weighted by molar-refractivity contribution is 0.0338. The minimum atomic E-state index is 0.0339. The lowest BCUT2D eigenvalue weighted by Gasteiger charge is -2.28. The van der Waals surface area contributed by atoms with Crippen molar-refractivity contribution in [3.05, 3.63) is 54.4 Å². The molecule has 0 bridgehead atoms. The predicted octanol–water partition coefficient (Wildman–Crippen LogP) is 2.23. The Labute approximate surface area is 148 Å². The molecule has 1 saturated heterocycles. The first-order chi connectivity index (χ1) is 12.2. The molecule has 6 heteroatoms. The fourth-order valence-electron chi connectivity index (χ4n) is 2.77. The zero-order valence-electron chi connectivity index (χ0n) is 14.5. The maximum Gasteiger partial charge on any atom is 0.253 e. The Morgan fingerprint density at radius 1 is 1.20 bits per heavy atom. The Hall–Kier alpha value is -2.44. The number of benzene rings is 1. The zero-order chi connectivity index (χ0) is 17.5. The molecule has 0 aliphatic carbocycles. The molecule has 2 heterocycles. The van der Waals surface area contributed by atoms with Gasteiger partial charge in [0.05, 0.1) is 13.2 Å². The van der Waals surface area contributed by atoms with Gasteiger partial charge in [0.2, 0.25) is 0 Å². The van der Waals surface area contributed by atoms with Gasteiger partial charge in [-0.15, -0.1) is 0 Å². The van der Waals surface area contributed by atoms with E-state index in [1.54, 1.807) is 17.3 Å².